The zero-order chi connectivity index (χ0) is 8.60. The standard InChI is InChI=1S/C8H16N2OS/c1-7(12)10-2-3-11-8(6-10)4-9-5-8/h7,9,12H,2-6H2,1H3. The van der Waals surface area contributed by atoms with E-state index in [9.17, 15) is 0 Å². The SMILES string of the molecule is CC(S)N1CCOC2(CNC2)C1. The molecule has 0 bridgehead atoms. The van der Waals surface area contributed by atoms with E-state index < -0.39 is 0 Å². The summed E-state index contributed by atoms with van der Waals surface area (Å²) >= 11 is 4.43. The van der Waals surface area contributed by atoms with Crippen LogP contribution in [0.3, 0.4) is 0 Å². The molecule has 1 unspecified atom stereocenters. The molecule has 0 aromatic heterocycles. The van der Waals surface area contributed by atoms with Gasteiger partial charge in [0.05, 0.1) is 12.0 Å². The van der Waals surface area contributed by atoms with Crippen LogP contribution in [0, 0.1) is 0 Å². The largest absolute Gasteiger partial charge is 0.370 e. The molecule has 2 rings (SSSR count). The Balaban J connectivity index is 1.94. The van der Waals surface area contributed by atoms with Crippen molar-refractivity contribution in [2.75, 3.05) is 32.8 Å². The minimum absolute atomic E-state index is 0.120. The third-order valence-electron chi connectivity index (χ3n) is 2.70. The van der Waals surface area contributed by atoms with Gasteiger partial charge in [-0.25, -0.2) is 0 Å². The lowest BCUT2D eigenvalue weighted by Crippen LogP contribution is -2.69. The van der Waals surface area contributed by atoms with Gasteiger partial charge in [-0.2, -0.15) is 12.6 Å². The van der Waals surface area contributed by atoms with Crippen LogP contribution in [-0.4, -0.2) is 48.7 Å². The molecule has 2 aliphatic heterocycles. The zero-order valence-electron chi connectivity index (χ0n) is 7.42. The predicted octanol–water partition coefficient (Wildman–Crippen LogP) is -0.0636. The van der Waals surface area contributed by atoms with Crippen molar-refractivity contribution in [1.29, 1.82) is 0 Å². The first-order valence-electron chi connectivity index (χ1n) is 4.49. The van der Waals surface area contributed by atoms with Crippen molar-refractivity contribution < 1.29 is 4.74 Å². The summed E-state index contributed by atoms with van der Waals surface area (Å²) < 4.78 is 5.74. The fourth-order valence-corrected chi connectivity index (χ4v) is 2.01. The highest BCUT2D eigenvalue weighted by atomic mass is 32.1. The Morgan fingerprint density at radius 3 is 2.83 bits per heavy atom. The van der Waals surface area contributed by atoms with Gasteiger partial charge in [-0.15, -0.1) is 0 Å². The molecule has 1 atom stereocenters. The number of hydrogen-bond acceptors (Lipinski definition) is 4. The molecule has 2 fully saturated rings. The van der Waals surface area contributed by atoms with Gasteiger partial charge in [0.1, 0.15) is 5.60 Å². The maximum Gasteiger partial charge on any atom is 0.106 e. The van der Waals surface area contributed by atoms with Crippen molar-refractivity contribution in [2.45, 2.75) is 17.9 Å². The van der Waals surface area contributed by atoms with Crippen LogP contribution in [0.15, 0.2) is 0 Å². The predicted molar refractivity (Wildman–Crippen MR) is 51.6 cm³/mol. The summed E-state index contributed by atoms with van der Waals surface area (Å²) in [5.41, 5.74) is 0.120. The second-order valence-electron chi connectivity index (χ2n) is 3.74. The first-order valence-corrected chi connectivity index (χ1v) is 5.00. The van der Waals surface area contributed by atoms with Crippen molar-refractivity contribution in [1.82, 2.24) is 10.2 Å². The monoisotopic (exact) mass is 188 g/mol. The van der Waals surface area contributed by atoms with E-state index in [1.165, 1.54) is 0 Å². The van der Waals surface area contributed by atoms with E-state index >= 15 is 0 Å². The van der Waals surface area contributed by atoms with Gasteiger partial charge in [0.15, 0.2) is 0 Å². The second kappa shape index (κ2) is 3.18. The minimum Gasteiger partial charge on any atom is -0.370 e. The molecule has 2 heterocycles. The minimum atomic E-state index is 0.120. The molecular formula is C8H16N2OS. The van der Waals surface area contributed by atoms with Crippen LogP contribution in [0.2, 0.25) is 0 Å². The van der Waals surface area contributed by atoms with Gasteiger partial charge in [0.2, 0.25) is 0 Å². The number of nitrogens with one attached hydrogen (secondary N) is 1. The van der Waals surface area contributed by atoms with Crippen LogP contribution in [0.1, 0.15) is 6.92 Å². The molecule has 0 saturated carbocycles. The number of hydrogen-bond donors (Lipinski definition) is 2. The Morgan fingerprint density at radius 1 is 1.58 bits per heavy atom. The molecular weight excluding hydrogens is 172 g/mol. The maximum absolute atomic E-state index is 5.74. The average molecular weight is 188 g/mol. The molecule has 0 amide bonds. The van der Waals surface area contributed by atoms with E-state index in [1.807, 2.05) is 0 Å². The van der Waals surface area contributed by atoms with Crippen molar-refractivity contribution in [3.63, 3.8) is 0 Å². The molecule has 2 saturated heterocycles. The van der Waals surface area contributed by atoms with E-state index in [0.717, 1.165) is 32.8 Å². The van der Waals surface area contributed by atoms with Crippen molar-refractivity contribution in [3.8, 4) is 0 Å². The Kier molecular flexibility index (Phi) is 2.33. The first-order chi connectivity index (χ1) is 5.72. The molecule has 0 aromatic carbocycles. The average Bonchev–Trinajstić information content (AvgIpc) is 2.02. The molecule has 1 spiro atoms. The van der Waals surface area contributed by atoms with Gasteiger partial charge in [-0.3, -0.25) is 4.90 Å². The van der Waals surface area contributed by atoms with Gasteiger partial charge in [0, 0.05) is 26.2 Å². The van der Waals surface area contributed by atoms with Gasteiger partial charge >= 0.3 is 0 Å². The van der Waals surface area contributed by atoms with E-state index in [1.54, 1.807) is 0 Å². The summed E-state index contributed by atoms with van der Waals surface area (Å²) in [5, 5.41) is 3.61. The number of nitrogens with zero attached hydrogens (tertiary/aromatic N) is 1. The van der Waals surface area contributed by atoms with Crippen molar-refractivity contribution in [2.24, 2.45) is 0 Å². The number of thiol groups is 1. The van der Waals surface area contributed by atoms with Crippen molar-refractivity contribution in [3.05, 3.63) is 0 Å². The highest BCUT2D eigenvalue weighted by Crippen LogP contribution is 2.23. The maximum atomic E-state index is 5.74. The van der Waals surface area contributed by atoms with E-state index in [2.05, 4.69) is 29.8 Å². The molecule has 12 heavy (non-hydrogen) atoms. The number of morpholine rings is 1. The van der Waals surface area contributed by atoms with E-state index in [-0.39, 0.29) is 5.60 Å². The smallest absolute Gasteiger partial charge is 0.106 e. The summed E-state index contributed by atoms with van der Waals surface area (Å²) in [7, 11) is 0. The summed E-state index contributed by atoms with van der Waals surface area (Å²) in [6, 6.07) is 0. The lowest BCUT2D eigenvalue weighted by atomic mass is 9.95. The van der Waals surface area contributed by atoms with Crippen LogP contribution < -0.4 is 5.32 Å². The Labute approximate surface area is 78.9 Å². The molecule has 0 aliphatic carbocycles. The number of ether oxygens (including phenoxy) is 1. The topological polar surface area (TPSA) is 24.5 Å². The third-order valence-corrected chi connectivity index (χ3v) is 3.03. The second-order valence-corrected chi connectivity index (χ2v) is 4.48. The van der Waals surface area contributed by atoms with Crippen LogP contribution in [0.5, 0.6) is 0 Å². The van der Waals surface area contributed by atoms with Crippen molar-refractivity contribution >= 4 is 12.6 Å². The molecule has 0 radical (unpaired) electrons. The van der Waals surface area contributed by atoms with E-state index in [4.69, 9.17) is 4.74 Å². The van der Waals surface area contributed by atoms with Crippen LogP contribution in [0.25, 0.3) is 0 Å². The Bertz CT molecular complexity index is 170. The quantitative estimate of drug-likeness (QED) is 0.564. The van der Waals surface area contributed by atoms with Crippen LogP contribution in [-0.2, 0) is 4.74 Å². The van der Waals surface area contributed by atoms with Crippen LogP contribution in [0.4, 0.5) is 0 Å². The van der Waals surface area contributed by atoms with Gasteiger partial charge < -0.3 is 10.1 Å². The third kappa shape index (κ3) is 1.48. The Morgan fingerprint density at radius 2 is 2.33 bits per heavy atom. The zero-order valence-corrected chi connectivity index (χ0v) is 8.31. The van der Waals surface area contributed by atoms with Gasteiger partial charge in [-0.05, 0) is 6.92 Å². The fraction of sp³-hybridized carbons (Fsp3) is 1.00. The highest BCUT2D eigenvalue weighted by molar-refractivity contribution is 7.80. The summed E-state index contributed by atoms with van der Waals surface area (Å²) in [5.74, 6) is 0. The molecule has 0 aromatic rings. The normalized spacial score (nSPS) is 31.5. The molecule has 70 valence electrons. The summed E-state index contributed by atoms with van der Waals surface area (Å²) in [4.78, 5) is 2.37. The fourth-order valence-electron chi connectivity index (χ4n) is 1.81. The summed E-state index contributed by atoms with van der Waals surface area (Å²) in [6.45, 7) is 7.03. The van der Waals surface area contributed by atoms with E-state index in [0.29, 0.717) is 5.37 Å². The Hall–Kier alpha value is 0.230. The molecule has 4 heteroatoms. The first kappa shape index (κ1) is 8.81. The lowest BCUT2D eigenvalue weighted by molar-refractivity contribution is -0.136. The molecule has 1 N–H and O–H groups in total. The lowest BCUT2D eigenvalue weighted by Gasteiger charge is -2.49. The molecule has 2 aliphatic rings. The molecule has 3 nitrogen and oxygen atoms in total. The van der Waals surface area contributed by atoms with Crippen LogP contribution >= 0.6 is 12.6 Å². The summed E-state index contributed by atoms with van der Waals surface area (Å²) in [6.07, 6.45) is 0. The number of rotatable bonds is 1. The van der Waals surface area contributed by atoms with Gasteiger partial charge in [0.25, 0.3) is 0 Å². The van der Waals surface area contributed by atoms with Gasteiger partial charge in [-0.1, -0.05) is 0 Å². The highest BCUT2D eigenvalue weighted by Gasteiger charge is 2.42.